The molecular formula is C19H22N4O2. The number of anilines is 1. The van der Waals surface area contributed by atoms with E-state index in [4.69, 9.17) is 0 Å². The van der Waals surface area contributed by atoms with Gasteiger partial charge in [0.1, 0.15) is 0 Å². The second-order valence-electron chi connectivity index (χ2n) is 6.88. The number of rotatable bonds is 4. The molecule has 6 heteroatoms. The van der Waals surface area contributed by atoms with Gasteiger partial charge in [0.25, 0.3) is 5.91 Å². The van der Waals surface area contributed by atoms with E-state index in [-0.39, 0.29) is 17.7 Å². The quantitative estimate of drug-likeness (QED) is 0.931. The van der Waals surface area contributed by atoms with Gasteiger partial charge in [-0.3, -0.25) is 14.7 Å². The van der Waals surface area contributed by atoms with Gasteiger partial charge in [-0.15, -0.1) is 0 Å². The van der Waals surface area contributed by atoms with Crippen LogP contribution in [0.25, 0.3) is 0 Å². The first-order valence-electron chi connectivity index (χ1n) is 8.84. The van der Waals surface area contributed by atoms with Crippen LogP contribution in [-0.4, -0.2) is 46.5 Å². The van der Waals surface area contributed by atoms with Crippen LogP contribution >= 0.6 is 0 Å². The Bertz CT molecular complexity index is 813. The maximum Gasteiger partial charge on any atom is 0.278 e. The number of benzene rings is 1. The number of hydrogen-bond acceptors (Lipinski definition) is 3. The Morgan fingerprint density at radius 1 is 1.36 bits per heavy atom. The van der Waals surface area contributed by atoms with Crippen molar-refractivity contribution in [3.05, 3.63) is 47.3 Å². The molecule has 130 valence electrons. The summed E-state index contributed by atoms with van der Waals surface area (Å²) in [5, 5.41) is 6.94. The van der Waals surface area contributed by atoms with Crippen molar-refractivity contribution >= 4 is 17.5 Å². The maximum absolute atomic E-state index is 12.9. The first-order valence-corrected chi connectivity index (χ1v) is 8.84. The third-order valence-electron chi connectivity index (χ3n) is 5.16. The Morgan fingerprint density at radius 2 is 2.20 bits per heavy atom. The summed E-state index contributed by atoms with van der Waals surface area (Å²) < 4.78 is 0. The van der Waals surface area contributed by atoms with Gasteiger partial charge in [-0.1, -0.05) is 18.2 Å². The number of H-pyrrole nitrogens is 1. The standard InChI is InChI=1S/C19H22N4O2/c1-13-11-16(21-20-13)19(25)23-12-14(15-5-2-3-6-17(15)23)8-10-22-9-4-7-18(22)24/h2-3,5-6,11,14H,4,7-10,12H2,1H3,(H,20,21). The number of fused-ring (bicyclic) bond motifs is 1. The summed E-state index contributed by atoms with van der Waals surface area (Å²) in [4.78, 5) is 28.5. The maximum atomic E-state index is 12.9. The number of aryl methyl sites for hydroxylation is 1. The lowest BCUT2D eigenvalue weighted by atomic mass is 9.98. The first-order chi connectivity index (χ1) is 12.1. The summed E-state index contributed by atoms with van der Waals surface area (Å²) in [7, 11) is 0. The fraction of sp³-hybridized carbons (Fsp3) is 0.421. The minimum absolute atomic E-state index is 0.0726. The zero-order chi connectivity index (χ0) is 17.4. The lowest BCUT2D eigenvalue weighted by molar-refractivity contribution is -0.127. The zero-order valence-electron chi connectivity index (χ0n) is 14.4. The van der Waals surface area contributed by atoms with E-state index in [1.165, 1.54) is 5.56 Å². The normalized spacial score (nSPS) is 19.6. The van der Waals surface area contributed by atoms with Crippen LogP contribution in [-0.2, 0) is 4.79 Å². The predicted molar refractivity (Wildman–Crippen MR) is 94.6 cm³/mol. The molecule has 1 atom stereocenters. The number of likely N-dealkylation sites (tertiary alicyclic amines) is 1. The average Bonchev–Trinajstić information content (AvgIpc) is 3.31. The number of amides is 2. The molecule has 1 unspecified atom stereocenters. The number of carbonyl (C=O) groups excluding carboxylic acids is 2. The fourth-order valence-electron chi connectivity index (χ4n) is 3.85. The number of carbonyl (C=O) groups is 2. The summed E-state index contributed by atoms with van der Waals surface area (Å²) in [5.74, 6) is 0.441. The van der Waals surface area contributed by atoms with Crippen LogP contribution in [0.3, 0.4) is 0 Å². The Labute approximate surface area is 146 Å². The van der Waals surface area contributed by atoms with Crippen LogP contribution in [0, 0.1) is 6.92 Å². The number of aromatic nitrogens is 2. The first kappa shape index (κ1) is 15.9. The van der Waals surface area contributed by atoms with Crippen molar-refractivity contribution in [2.45, 2.75) is 32.1 Å². The van der Waals surface area contributed by atoms with Crippen LogP contribution in [0.2, 0.25) is 0 Å². The van der Waals surface area contributed by atoms with Crippen molar-refractivity contribution < 1.29 is 9.59 Å². The number of hydrogen-bond donors (Lipinski definition) is 1. The van der Waals surface area contributed by atoms with Crippen LogP contribution in [0.1, 0.15) is 46.9 Å². The summed E-state index contributed by atoms with van der Waals surface area (Å²) >= 11 is 0. The Morgan fingerprint density at radius 3 is 2.92 bits per heavy atom. The molecule has 1 aromatic carbocycles. The molecule has 1 saturated heterocycles. The molecule has 2 amide bonds. The molecule has 1 fully saturated rings. The van der Waals surface area contributed by atoms with Crippen molar-refractivity contribution in [1.29, 1.82) is 0 Å². The van der Waals surface area contributed by atoms with Crippen molar-refractivity contribution in [2.75, 3.05) is 24.5 Å². The molecule has 2 aliphatic rings. The molecule has 0 bridgehead atoms. The number of nitrogens with one attached hydrogen (secondary N) is 1. The molecular weight excluding hydrogens is 316 g/mol. The number of aromatic amines is 1. The van der Waals surface area contributed by atoms with Gasteiger partial charge in [-0.05, 0) is 37.5 Å². The SMILES string of the molecule is Cc1cc(C(=O)N2CC(CCN3CCCC3=O)c3ccccc32)n[nH]1. The van der Waals surface area contributed by atoms with Gasteiger partial charge in [-0.2, -0.15) is 5.10 Å². The van der Waals surface area contributed by atoms with Crippen LogP contribution in [0.15, 0.2) is 30.3 Å². The highest BCUT2D eigenvalue weighted by Crippen LogP contribution is 2.38. The van der Waals surface area contributed by atoms with Gasteiger partial charge >= 0.3 is 0 Å². The zero-order valence-corrected chi connectivity index (χ0v) is 14.4. The van der Waals surface area contributed by atoms with E-state index in [1.807, 2.05) is 34.9 Å². The molecule has 0 spiro atoms. The molecule has 3 heterocycles. The second-order valence-corrected chi connectivity index (χ2v) is 6.88. The molecule has 0 saturated carbocycles. The van der Waals surface area contributed by atoms with E-state index in [9.17, 15) is 9.59 Å². The molecule has 2 aliphatic heterocycles. The van der Waals surface area contributed by atoms with E-state index in [2.05, 4.69) is 16.3 Å². The lowest BCUT2D eigenvalue weighted by Crippen LogP contribution is -2.31. The van der Waals surface area contributed by atoms with Gasteiger partial charge in [0.05, 0.1) is 0 Å². The third-order valence-corrected chi connectivity index (χ3v) is 5.16. The highest BCUT2D eigenvalue weighted by atomic mass is 16.2. The van der Waals surface area contributed by atoms with Crippen LogP contribution in [0.5, 0.6) is 0 Å². The van der Waals surface area contributed by atoms with E-state index in [1.54, 1.807) is 6.07 Å². The van der Waals surface area contributed by atoms with E-state index >= 15 is 0 Å². The smallest absolute Gasteiger partial charge is 0.278 e. The topological polar surface area (TPSA) is 69.3 Å². The largest absolute Gasteiger partial charge is 0.343 e. The summed E-state index contributed by atoms with van der Waals surface area (Å²) in [6, 6.07) is 9.84. The summed E-state index contributed by atoms with van der Waals surface area (Å²) in [5.41, 5.74) is 3.48. The Balaban J connectivity index is 1.53. The van der Waals surface area contributed by atoms with Gasteiger partial charge in [0.2, 0.25) is 5.91 Å². The third kappa shape index (κ3) is 2.92. The fourth-order valence-corrected chi connectivity index (χ4v) is 3.85. The van der Waals surface area contributed by atoms with Crippen molar-refractivity contribution in [1.82, 2.24) is 15.1 Å². The van der Waals surface area contributed by atoms with E-state index < -0.39 is 0 Å². The summed E-state index contributed by atoms with van der Waals surface area (Å²) in [6.07, 6.45) is 2.51. The van der Waals surface area contributed by atoms with Gasteiger partial charge in [0, 0.05) is 43.4 Å². The van der Waals surface area contributed by atoms with Crippen molar-refractivity contribution in [2.24, 2.45) is 0 Å². The van der Waals surface area contributed by atoms with Gasteiger partial charge in [-0.25, -0.2) is 0 Å². The van der Waals surface area contributed by atoms with Crippen molar-refractivity contribution in [3.63, 3.8) is 0 Å². The molecule has 2 aromatic rings. The molecule has 1 N–H and O–H groups in total. The molecule has 4 rings (SSSR count). The number of para-hydroxylation sites is 1. The summed E-state index contributed by atoms with van der Waals surface area (Å²) in [6.45, 7) is 4.16. The highest BCUT2D eigenvalue weighted by Gasteiger charge is 2.34. The van der Waals surface area contributed by atoms with Crippen LogP contribution < -0.4 is 4.90 Å². The second kappa shape index (κ2) is 6.35. The number of nitrogens with zero attached hydrogens (tertiary/aromatic N) is 3. The predicted octanol–water partition coefficient (Wildman–Crippen LogP) is 2.47. The highest BCUT2D eigenvalue weighted by molar-refractivity contribution is 6.06. The monoisotopic (exact) mass is 338 g/mol. The Hall–Kier alpha value is -2.63. The molecule has 1 aromatic heterocycles. The average molecular weight is 338 g/mol. The Kier molecular flexibility index (Phi) is 4.03. The molecule has 0 aliphatic carbocycles. The molecule has 25 heavy (non-hydrogen) atoms. The molecule has 6 nitrogen and oxygen atoms in total. The minimum Gasteiger partial charge on any atom is -0.343 e. The van der Waals surface area contributed by atoms with Crippen LogP contribution in [0.4, 0.5) is 5.69 Å². The van der Waals surface area contributed by atoms with E-state index in [0.717, 1.165) is 37.3 Å². The molecule has 0 radical (unpaired) electrons. The lowest BCUT2D eigenvalue weighted by Gasteiger charge is -2.19. The van der Waals surface area contributed by atoms with E-state index in [0.29, 0.717) is 18.7 Å². The van der Waals surface area contributed by atoms with Gasteiger partial charge < -0.3 is 9.80 Å². The van der Waals surface area contributed by atoms with Crippen molar-refractivity contribution in [3.8, 4) is 0 Å². The van der Waals surface area contributed by atoms with Gasteiger partial charge in [0.15, 0.2) is 5.69 Å². The minimum atomic E-state index is -0.0726.